The summed E-state index contributed by atoms with van der Waals surface area (Å²) in [6, 6.07) is 7.53. The van der Waals surface area contributed by atoms with Gasteiger partial charge in [-0.15, -0.1) is 0 Å². The number of aromatic nitrogens is 1. The monoisotopic (exact) mass is 287 g/mol. The highest BCUT2D eigenvalue weighted by atomic mass is 16.3. The summed E-state index contributed by atoms with van der Waals surface area (Å²) >= 11 is 0. The normalized spacial score (nSPS) is 12.4. The first-order valence-electron chi connectivity index (χ1n) is 6.95. The number of furan rings is 1. The lowest BCUT2D eigenvalue weighted by Crippen LogP contribution is -2.38. The van der Waals surface area contributed by atoms with Gasteiger partial charge in [0.15, 0.2) is 5.76 Å². The average Bonchev–Trinajstić information content (AvgIpc) is 2.98. The predicted octanol–water partition coefficient (Wildman–Crippen LogP) is 2.33. The molecule has 0 aliphatic carbocycles. The summed E-state index contributed by atoms with van der Waals surface area (Å²) in [5, 5.41) is 2.93. The maximum atomic E-state index is 12.2. The van der Waals surface area contributed by atoms with Gasteiger partial charge in [-0.3, -0.25) is 4.79 Å². The molecule has 0 saturated heterocycles. The molecule has 0 aliphatic rings. The number of pyridine rings is 1. The van der Waals surface area contributed by atoms with Crippen LogP contribution < -0.4 is 5.32 Å². The Labute approximate surface area is 125 Å². The number of aryl methyl sites for hydroxylation is 1. The Kier molecular flexibility index (Phi) is 4.75. The summed E-state index contributed by atoms with van der Waals surface area (Å²) in [6.07, 6.45) is 1.61. The summed E-state index contributed by atoms with van der Waals surface area (Å²) in [4.78, 5) is 18.7. The molecule has 0 aromatic carbocycles. The van der Waals surface area contributed by atoms with Crippen LogP contribution in [0.3, 0.4) is 0 Å². The van der Waals surface area contributed by atoms with Gasteiger partial charge in [-0.1, -0.05) is 0 Å². The first-order valence-corrected chi connectivity index (χ1v) is 6.95. The Balaban J connectivity index is 2.08. The van der Waals surface area contributed by atoms with Gasteiger partial charge in [-0.25, -0.2) is 4.98 Å². The van der Waals surface area contributed by atoms with Gasteiger partial charge in [0, 0.05) is 12.6 Å². The van der Waals surface area contributed by atoms with Gasteiger partial charge in [-0.2, -0.15) is 0 Å². The quantitative estimate of drug-likeness (QED) is 0.917. The van der Waals surface area contributed by atoms with Gasteiger partial charge in [0.1, 0.15) is 5.69 Å². The Morgan fingerprint density at radius 2 is 2.14 bits per heavy atom. The van der Waals surface area contributed by atoms with E-state index in [-0.39, 0.29) is 11.9 Å². The summed E-state index contributed by atoms with van der Waals surface area (Å²) in [5.74, 6) is 0.603. The van der Waals surface area contributed by atoms with E-state index in [9.17, 15) is 4.79 Å². The number of rotatable bonds is 5. The van der Waals surface area contributed by atoms with E-state index in [0.29, 0.717) is 23.6 Å². The maximum Gasteiger partial charge on any atom is 0.253 e. The highest BCUT2D eigenvalue weighted by Crippen LogP contribution is 2.19. The van der Waals surface area contributed by atoms with Gasteiger partial charge in [0.25, 0.3) is 5.91 Å². The molecule has 2 heterocycles. The largest absolute Gasteiger partial charge is 0.463 e. The Hall–Kier alpha value is -2.14. The third-order valence-electron chi connectivity index (χ3n) is 3.54. The standard InChI is InChI=1S/C16H21N3O2/c1-11(19(3)4)10-17-16(20)13-7-8-14(18-12(13)2)15-6-5-9-21-15/h5-9,11H,10H2,1-4H3,(H,17,20). The van der Waals surface area contributed by atoms with Crippen LogP contribution >= 0.6 is 0 Å². The van der Waals surface area contributed by atoms with Crippen molar-refractivity contribution < 1.29 is 9.21 Å². The lowest BCUT2D eigenvalue weighted by atomic mass is 10.1. The van der Waals surface area contributed by atoms with Crippen molar-refractivity contribution in [2.75, 3.05) is 20.6 Å². The van der Waals surface area contributed by atoms with Crippen molar-refractivity contribution in [2.24, 2.45) is 0 Å². The molecule has 2 aromatic rings. The lowest BCUT2D eigenvalue weighted by molar-refractivity contribution is 0.0942. The minimum absolute atomic E-state index is 0.0975. The van der Waals surface area contributed by atoms with Crippen molar-refractivity contribution in [1.82, 2.24) is 15.2 Å². The number of hydrogen-bond acceptors (Lipinski definition) is 4. The molecule has 1 amide bonds. The van der Waals surface area contributed by atoms with E-state index in [0.717, 1.165) is 5.69 Å². The van der Waals surface area contributed by atoms with Crippen LogP contribution in [0.2, 0.25) is 0 Å². The number of nitrogens with one attached hydrogen (secondary N) is 1. The van der Waals surface area contributed by atoms with Crippen LogP contribution in [0.5, 0.6) is 0 Å². The minimum Gasteiger partial charge on any atom is -0.463 e. The van der Waals surface area contributed by atoms with Gasteiger partial charge < -0.3 is 14.6 Å². The van der Waals surface area contributed by atoms with Gasteiger partial charge in [0.05, 0.1) is 17.5 Å². The molecule has 1 unspecified atom stereocenters. The fraction of sp³-hybridized carbons (Fsp3) is 0.375. The highest BCUT2D eigenvalue weighted by molar-refractivity contribution is 5.95. The second-order valence-corrected chi connectivity index (χ2v) is 5.33. The molecule has 0 bridgehead atoms. The van der Waals surface area contributed by atoms with Gasteiger partial charge >= 0.3 is 0 Å². The maximum absolute atomic E-state index is 12.2. The third-order valence-corrected chi connectivity index (χ3v) is 3.54. The zero-order valence-corrected chi connectivity index (χ0v) is 12.9. The second kappa shape index (κ2) is 6.54. The first kappa shape index (κ1) is 15.3. The Bertz CT molecular complexity index is 606. The molecule has 1 N–H and O–H groups in total. The van der Waals surface area contributed by atoms with Crippen LogP contribution in [-0.2, 0) is 0 Å². The average molecular weight is 287 g/mol. The number of likely N-dealkylation sites (N-methyl/N-ethyl adjacent to an activating group) is 1. The molecule has 5 nitrogen and oxygen atoms in total. The summed E-state index contributed by atoms with van der Waals surface area (Å²) < 4.78 is 5.31. The smallest absolute Gasteiger partial charge is 0.253 e. The second-order valence-electron chi connectivity index (χ2n) is 5.33. The summed E-state index contributed by atoms with van der Waals surface area (Å²) in [5.41, 5.74) is 2.02. The fourth-order valence-corrected chi connectivity index (χ4v) is 1.88. The van der Waals surface area contributed by atoms with Crippen LogP contribution in [0.4, 0.5) is 0 Å². The molecule has 1 atom stereocenters. The number of nitrogens with zero attached hydrogens (tertiary/aromatic N) is 2. The molecule has 5 heteroatoms. The number of carbonyl (C=O) groups is 1. The Morgan fingerprint density at radius 1 is 1.38 bits per heavy atom. The zero-order valence-electron chi connectivity index (χ0n) is 12.9. The molecule has 2 rings (SSSR count). The molecular weight excluding hydrogens is 266 g/mol. The van der Waals surface area contributed by atoms with Crippen molar-refractivity contribution in [1.29, 1.82) is 0 Å². The molecular formula is C16H21N3O2. The molecule has 0 radical (unpaired) electrons. The van der Waals surface area contributed by atoms with Gasteiger partial charge in [0.2, 0.25) is 0 Å². The van der Waals surface area contributed by atoms with Crippen LogP contribution in [0.1, 0.15) is 23.0 Å². The number of carbonyl (C=O) groups excluding carboxylic acids is 1. The van der Waals surface area contributed by atoms with E-state index in [4.69, 9.17) is 4.42 Å². The van der Waals surface area contributed by atoms with Crippen molar-refractivity contribution >= 4 is 5.91 Å². The summed E-state index contributed by atoms with van der Waals surface area (Å²) in [6.45, 7) is 4.49. The highest BCUT2D eigenvalue weighted by Gasteiger charge is 2.13. The third kappa shape index (κ3) is 3.70. The molecule has 0 aliphatic heterocycles. The number of hydrogen-bond donors (Lipinski definition) is 1. The number of amides is 1. The first-order chi connectivity index (χ1) is 9.99. The van der Waals surface area contributed by atoms with Crippen LogP contribution in [-0.4, -0.2) is 42.5 Å². The lowest BCUT2D eigenvalue weighted by Gasteiger charge is -2.20. The van der Waals surface area contributed by atoms with Crippen LogP contribution in [0.25, 0.3) is 11.5 Å². The van der Waals surface area contributed by atoms with E-state index >= 15 is 0 Å². The van der Waals surface area contributed by atoms with Gasteiger partial charge in [-0.05, 0) is 52.2 Å². The van der Waals surface area contributed by atoms with Crippen molar-refractivity contribution in [2.45, 2.75) is 19.9 Å². The fourth-order valence-electron chi connectivity index (χ4n) is 1.88. The van der Waals surface area contributed by atoms with Crippen molar-refractivity contribution in [3.8, 4) is 11.5 Å². The zero-order chi connectivity index (χ0) is 15.4. The van der Waals surface area contributed by atoms with E-state index in [1.807, 2.05) is 33.2 Å². The molecule has 0 spiro atoms. The molecule has 2 aromatic heterocycles. The molecule has 112 valence electrons. The van der Waals surface area contributed by atoms with Crippen molar-refractivity contribution in [3.05, 3.63) is 41.8 Å². The van der Waals surface area contributed by atoms with E-state index in [1.54, 1.807) is 18.4 Å². The Morgan fingerprint density at radius 3 is 2.71 bits per heavy atom. The minimum atomic E-state index is -0.0975. The van der Waals surface area contributed by atoms with E-state index < -0.39 is 0 Å². The molecule has 0 saturated carbocycles. The molecule has 21 heavy (non-hydrogen) atoms. The topological polar surface area (TPSA) is 58.4 Å². The summed E-state index contributed by atoms with van der Waals surface area (Å²) in [7, 11) is 3.98. The predicted molar refractivity (Wildman–Crippen MR) is 82.2 cm³/mol. The molecule has 0 fully saturated rings. The van der Waals surface area contributed by atoms with Crippen LogP contribution in [0.15, 0.2) is 34.9 Å². The SMILES string of the molecule is Cc1nc(-c2ccco2)ccc1C(=O)NCC(C)N(C)C. The van der Waals surface area contributed by atoms with Crippen LogP contribution in [0, 0.1) is 6.92 Å². The van der Waals surface area contributed by atoms with E-state index in [2.05, 4.69) is 22.1 Å². The van der Waals surface area contributed by atoms with E-state index in [1.165, 1.54) is 0 Å². The van der Waals surface area contributed by atoms with Crippen molar-refractivity contribution in [3.63, 3.8) is 0 Å².